The number of hydrogen-bond donors (Lipinski definition) is 1. The zero-order chi connectivity index (χ0) is 11.2. The lowest BCUT2D eigenvalue weighted by Gasteiger charge is -2.23. The molecule has 0 spiro atoms. The third-order valence-corrected chi connectivity index (χ3v) is 3.32. The van der Waals surface area contributed by atoms with E-state index in [1.807, 2.05) is 0 Å². The van der Waals surface area contributed by atoms with Crippen molar-refractivity contribution in [1.29, 1.82) is 0 Å². The molecule has 2 rings (SSSR count). The van der Waals surface area contributed by atoms with Crippen LogP contribution in [0.1, 0.15) is 36.3 Å². The SMILES string of the molecule is FCCCc1cccc(C2CCCNC2)c1. The van der Waals surface area contributed by atoms with Gasteiger partial charge in [-0.25, -0.2) is 0 Å². The summed E-state index contributed by atoms with van der Waals surface area (Å²) in [5.74, 6) is 0.652. The van der Waals surface area contributed by atoms with E-state index in [2.05, 4.69) is 29.6 Å². The van der Waals surface area contributed by atoms with E-state index >= 15 is 0 Å². The Balaban J connectivity index is 2.02. The Kier molecular flexibility index (Phi) is 4.34. The van der Waals surface area contributed by atoms with Gasteiger partial charge in [-0.2, -0.15) is 0 Å². The van der Waals surface area contributed by atoms with Gasteiger partial charge in [0.2, 0.25) is 0 Å². The maximum Gasteiger partial charge on any atom is 0.0897 e. The van der Waals surface area contributed by atoms with Crippen molar-refractivity contribution in [2.24, 2.45) is 0 Å². The number of piperidine rings is 1. The maximum absolute atomic E-state index is 12.1. The van der Waals surface area contributed by atoms with Crippen LogP contribution in [0.15, 0.2) is 24.3 Å². The van der Waals surface area contributed by atoms with Crippen molar-refractivity contribution in [3.8, 4) is 0 Å². The number of halogens is 1. The van der Waals surface area contributed by atoms with E-state index in [9.17, 15) is 4.39 Å². The molecule has 1 aromatic rings. The van der Waals surface area contributed by atoms with E-state index in [1.54, 1.807) is 0 Å². The van der Waals surface area contributed by atoms with E-state index in [0.29, 0.717) is 12.3 Å². The van der Waals surface area contributed by atoms with Crippen LogP contribution in [0.3, 0.4) is 0 Å². The average molecular weight is 221 g/mol. The molecule has 0 aromatic heterocycles. The Morgan fingerprint density at radius 3 is 3.06 bits per heavy atom. The highest BCUT2D eigenvalue weighted by molar-refractivity contribution is 5.27. The third-order valence-electron chi connectivity index (χ3n) is 3.32. The highest BCUT2D eigenvalue weighted by atomic mass is 19.1. The van der Waals surface area contributed by atoms with Crippen LogP contribution in [0, 0.1) is 0 Å². The van der Waals surface area contributed by atoms with Crippen LogP contribution in [-0.2, 0) is 6.42 Å². The summed E-state index contributed by atoms with van der Waals surface area (Å²) in [6, 6.07) is 8.68. The number of hydrogen-bond acceptors (Lipinski definition) is 1. The average Bonchev–Trinajstić information content (AvgIpc) is 2.38. The molecule has 1 aliphatic rings. The van der Waals surface area contributed by atoms with Gasteiger partial charge in [0.25, 0.3) is 0 Å². The van der Waals surface area contributed by atoms with E-state index in [-0.39, 0.29) is 6.67 Å². The first-order chi connectivity index (χ1) is 7.90. The highest BCUT2D eigenvalue weighted by Gasteiger charge is 2.14. The zero-order valence-corrected chi connectivity index (χ0v) is 9.71. The molecule has 0 saturated carbocycles. The molecular formula is C14H20FN. The second-order valence-corrected chi connectivity index (χ2v) is 4.58. The summed E-state index contributed by atoms with van der Waals surface area (Å²) in [6.07, 6.45) is 4.05. The lowest BCUT2D eigenvalue weighted by molar-refractivity contribution is 0.460. The van der Waals surface area contributed by atoms with Crippen molar-refractivity contribution < 1.29 is 4.39 Å². The number of alkyl halides is 1. The molecule has 1 fully saturated rings. The number of nitrogens with one attached hydrogen (secondary N) is 1. The van der Waals surface area contributed by atoms with Crippen molar-refractivity contribution >= 4 is 0 Å². The van der Waals surface area contributed by atoms with E-state index in [0.717, 1.165) is 19.5 Å². The topological polar surface area (TPSA) is 12.0 Å². The standard InChI is InChI=1S/C14H20FN/c15-8-2-5-12-4-1-6-13(10-12)14-7-3-9-16-11-14/h1,4,6,10,14,16H,2-3,5,7-9,11H2. The molecule has 2 heteroatoms. The fraction of sp³-hybridized carbons (Fsp3) is 0.571. The smallest absolute Gasteiger partial charge is 0.0897 e. The van der Waals surface area contributed by atoms with E-state index in [1.165, 1.54) is 24.0 Å². The molecule has 0 radical (unpaired) electrons. The zero-order valence-electron chi connectivity index (χ0n) is 9.71. The summed E-state index contributed by atoms with van der Waals surface area (Å²) in [6.45, 7) is 2.03. The third kappa shape index (κ3) is 3.05. The van der Waals surface area contributed by atoms with Crippen LogP contribution in [0.4, 0.5) is 4.39 Å². The van der Waals surface area contributed by atoms with Gasteiger partial charge in [0.05, 0.1) is 6.67 Å². The molecule has 0 amide bonds. The van der Waals surface area contributed by atoms with Crippen molar-refractivity contribution in [3.63, 3.8) is 0 Å². The highest BCUT2D eigenvalue weighted by Crippen LogP contribution is 2.24. The van der Waals surface area contributed by atoms with Gasteiger partial charge in [-0.3, -0.25) is 4.39 Å². The van der Waals surface area contributed by atoms with Crippen molar-refractivity contribution in [3.05, 3.63) is 35.4 Å². The molecule has 1 heterocycles. The molecule has 0 bridgehead atoms. The Hall–Kier alpha value is -0.890. The van der Waals surface area contributed by atoms with Gasteiger partial charge in [-0.05, 0) is 49.3 Å². The largest absolute Gasteiger partial charge is 0.316 e. The van der Waals surface area contributed by atoms with Crippen LogP contribution in [-0.4, -0.2) is 19.8 Å². The Morgan fingerprint density at radius 2 is 2.31 bits per heavy atom. The molecule has 1 nitrogen and oxygen atoms in total. The Labute approximate surface area is 97.1 Å². The van der Waals surface area contributed by atoms with Crippen LogP contribution in [0.5, 0.6) is 0 Å². The molecule has 1 saturated heterocycles. The van der Waals surface area contributed by atoms with Crippen LogP contribution >= 0.6 is 0 Å². The molecule has 1 atom stereocenters. The molecule has 0 aliphatic carbocycles. The van der Waals surface area contributed by atoms with Gasteiger partial charge in [-0.15, -0.1) is 0 Å². The lowest BCUT2D eigenvalue weighted by atomic mass is 9.90. The van der Waals surface area contributed by atoms with Gasteiger partial charge < -0.3 is 5.32 Å². The molecule has 16 heavy (non-hydrogen) atoms. The normalized spacial score (nSPS) is 20.9. The molecule has 1 aromatic carbocycles. The van der Waals surface area contributed by atoms with Gasteiger partial charge in [0, 0.05) is 6.54 Å². The minimum atomic E-state index is -0.213. The minimum Gasteiger partial charge on any atom is -0.316 e. The van der Waals surface area contributed by atoms with Gasteiger partial charge in [0.1, 0.15) is 0 Å². The Morgan fingerprint density at radius 1 is 1.38 bits per heavy atom. The predicted molar refractivity (Wildman–Crippen MR) is 65.6 cm³/mol. The fourth-order valence-corrected chi connectivity index (χ4v) is 2.41. The van der Waals surface area contributed by atoms with Crippen LogP contribution in [0.2, 0.25) is 0 Å². The molecule has 88 valence electrons. The Bertz CT molecular complexity index is 318. The minimum absolute atomic E-state index is 0.213. The van der Waals surface area contributed by atoms with Gasteiger partial charge in [0.15, 0.2) is 0 Å². The second-order valence-electron chi connectivity index (χ2n) is 4.58. The molecule has 1 N–H and O–H groups in total. The number of rotatable bonds is 4. The van der Waals surface area contributed by atoms with Gasteiger partial charge in [-0.1, -0.05) is 24.3 Å². The number of benzene rings is 1. The fourth-order valence-electron chi connectivity index (χ4n) is 2.41. The second kappa shape index (κ2) is 6.00. The summed E-state index contributed by atoms with van der Waals surface area (Å²) in [7, 11) is 0. The summed E-state index contributed by atoms with van der Waals surface area (Å²) in [5.41, 5.74) is 2.70. The van der Waals surface area contributed by atoms with Crippen molar-refractivity contribution in [2.45, 2.75) is 31.6 Å². The van der Waals surface area contributed by atoms with Gasteiger partial charge >= 0.3 is 0 Å². The first-order valence-electron chi connectivity index (χ1n) is 6.25. The summed E-state index contributed by atoms with van der Waals surface area (Å²) < 4.78 is 12.1. The van der Waals surface area contributed by atoms with E-state index in [4.69, 9.17) is 0 Å². The first kappa shape index (κ1) is 11.6. The number of aryl methyl sites for hydroxylation is 1. The van der Waals surface area contributed by atoms with Crippen LogP contribution in [0.25, 0.3) is 0 Å². The summed E-state index contributed by atoms with van der Waals surface area (Å²) in [4.78, 5) is 0. The predicted octanol–water partition coefficient (Wildman–Crippen LogP) is 3.06. The summed E-state index contributed by atoms with van der Waals surface area (Å²) >= 11 is 0. The molecular weight excluding hydrogens is 201 g/mol. The van der Waals surface area contributed by atoms with Crippen molar-refractivity contribution in [2.75, 3.05) is 19.8 Å². The van der Waals surface area contributed by atoms with E-state index < -0.39 is 0 Å². The monoisotopic (exact) mass is 221 g/mol. The molecule has 1 unspecified atom stereocenters. The summed E-state index contributed by atoms with van der Waals surface area (Å²) in [5, 5.41) is 3.44. The maximum atomic E-state index is 12.1. The van der Waals surface area contributed by atoms with Crippen LogP contribution < -0.4 is 5.32 Å². The van der Waals surface area contributed by atoms with Crippen molar-refractivity contribution in [1.82, 2.24) is 5.32 Å². The molecule has 1 aliphatic heterocycles. The quantitative estimate of drug-likeness (QED) is 0.824. The lowest BCUT2D eigenvalue weighted by Crippen LogP contribution is -2.28. The first-order valence-corrected chi connectivity index (χ1v) is 6.25.